The largest absolute Gasteiger partial charge is 0.480 e. The van der Waals surface area contributed by atoms with Gasteiger partial charge in [-0.1, -0.05) is 0 Å². The Bertz CT molecular complexity index is 510. The number of carboxylic acid groups (broad SMARTS) is 1. The van der Waals surface area contributed by atoms with Gasteiger partial charge in [0.15, 0.2) is 0 Å². The molecule has 0 fully saturated rings. The SMILES string of the molecule is Cc1cc(C(=O)N[C@@H](CCC(N)=O)C(=O)O)c(C)s1. The van der Waals surface area contributed by atoms with Gasteiger partial charge in [-0.05, 0) is 26.3 Å². The van der Waals surface area contributed by atoms with E-state index in [9.17, 15) is 14.4 Å². The van der Waals surface area contributed by atoms with E-state index in [1.165, 1.54) is 11.3 Å². The van der Waals surface area contributed by atoms with Crippen molar-refractivity contribution in [2.45, 2.75) is 32.7 Å². The van der Waals surface area contributed by atoms with E-state index in [0.29, 0.717) is 5.56 Å². The van der Waals surface area contributed by atoms with Crippen molar-refractivity contribution >= 4 is 29.1 Å². The highest BCUT2D eigenvalue weighted by atomic mass is 32.1. The normalized spacial score (nSPS) is 11.9. The maximum atomic E-state index is 12.0. The molecule has 7 heteroatoms. The molecule has 0 spiro atoms. The smallest absolute Gasteiger partial charge is 0.326 e. The van der Waals surface area contributed by atoms with Crippen LogP contribution in [0.1, 0.15) is 33.0 Å². The summed E-state index contributed by atoms with van der Waals surface area (Å²) in [5, 5.41) is 11.4. The fourth-order valence-electron chi connectivity index (χ4n) is 1.64. The summed E-state index contributed by atoms with van der Waals surface area (Å²) in [6.45, 7) is 3.67. The molecule has 0 aliphatic carbocycles. The summed E-state index contributed by atoms with van der Waals surface area (Å²) in [4.78, 5) is 35.4. The van der Waals surface area contributed by atoms with Gasteiger partial charge < -0.3 is 16.2 Å². The average Bonchev–Trinajstić information content (AvgIpc) is 2.62. The highest BCUT2D eigenvalue weighted by Gasteiger charge is 2.22. The standard InChI is InChI=1S/C12H16N2O4S/c1-6-5-8(7(2)19-6)11(16)14-9(12(17)18)3-4-10(13)15/h5,9H,3-4H2,1-2H3,(H2,13,15)(H,14,16)(H,17,18)/t9-/m0/s1. The third kappa shape index (κ3) is 4.36. The molecule has 1 atom stereocenters. The van der Waals surface area contributed by atoms with Gasteiger partial charge in [0.25, 0.3) is 5.91 Å². The summed E-state index contributed by atoms with van der Waals surface area (Å²) in [7, 11) is 0. The number of aliphatic carboxylic acids is 1. The first-order chi connectivity index (χ1) is 8.81. The van der Waals surface area contributed by atoms with Crippen LogP contribution in [0.3, 0.4) is 0 Å². The Hall–Kier alpha value is -1.89. The van der Waals surface area contributed by atoms with E-state index in [1.807, 2.05) is 6.92 Å². The third-order valence-corrected chi connectivity index (χ3v) is 3.53. The zero-order valence-corrected chi connectivity index (χ0v) is 11.5. The minimum Gasteiger partial charge on any atom is -0.480 e. The van der Waals surface area contributed by atoms with Crippen molar-refractivity contribution in [2.24, 2.45) is 5.73 Å². The van der Waals surface area contributed by atoms with Crippen LogP contribution in [0.25, 0.3) is 0 Å². The van der Waals surface area contributed by atoms with Crippen LogP contribution < -0.4 is 11.1 Å². The number of aryl methyl sites for hydroxylation is 2. The van der Waals surface area contributed by atoms with Gasteiger partial charge in [-0.15, -0.1) is 11.3 Å². The Kier molecular flexibility index (Phi) is 5.05. The van der Waals surface area contributed by atoms with E-state index in [-0.39, 0.29) is 12.8 Å². The van der Waals surface area contributed by atoms with Crippen molar-refractivity contribution in [3.8, 4) is 0 Å². The van der Waals surface area contributed by atoms with E-state index in [0.717, 1.165) is 9.75 Å². The molecule has 19 heavy (non-hydrogen) atoms. The van der Waals surface area contributed by atoms with Gasteiger partial charge in [0, 0.05) is 16.2 Å². The van der Waals surface area contributed by atoms with Gasteiger partial charge in [0.2, 0.25) is 5.91 Å². The van der Waals surface area contributed by atoms with Gasteiger partial charge in [0.1, 0.15) is 6.04 Å². The van der Waals surface area contributed by atoms with Crippen LogP contribution >= 0.6 is 11.3 Å². The van der Waals surface area contributed by atoms with Crippen LogP contribution in [0.4, 0.5) is 0 Å². The van der Waals surface area contributed by atoms with Crippen LogP contribution in [0.15, 0.2) is 6.07 Å². The van der Waals surface area contributed by atoms with E-state index in [4.69, 9.17) is 10.8 Å². The Labute approximate surface area is 114 Å². The lowest BCUT2D eigenvalue weighted by molar-refractivity contribution is -0.139. The molecule has 2 amide bonds. The molecule has 0 bridgehead atoms. The molecule has 0 saturated carbocycles. The number of thiophene rings is 1. The summed E-state index contributed by atoms with van der Waals surface area (Å²) in [5.74, 6) is -2.22. The molecule has 0 aromatic carbocycles. The summed E-state index contributed by atoms with van der Waals surface area (Å²) in [6.07, 6.45) is -0.0997. The fraction of sp³-hybridized carbons (Fsp3) is 0.417. The van der Waals surface area contributed by atoms with Crippen LogP contribution in [0.2, 0.25) is 0 Å². The molecule has 6 nitrogen and oxygen atoms in total. The number of nitrogens with two attached hydrogens (primary N) is 1. The van der Waals surface area contributed by atoms with E-state index >= 15 is 0 Å². The summed E-state index contributed by atoms with van der Waals surface area (Å²) >= 11 is 1.47. The number of amides is 2. The number of carboxylic acids is 1. The summed E-state index contributed by atoms with van der Waals surface area (Å²) < 4.78 is 0. The zero-order valence-electron chi connectivity index (χ0n) is 10.7. The van der Waals surface area contributed by atoms with Crippen molar-refractivity contribution < 1.29 is 19.5 Å². The van der Waals surface area contributed by atoms with Crippen molar-refractivity contribution in [2.75, 3.05) is 0 Å². The first kappa shape index (κ1) is 15.2. The molecule has 0 aliphatic rings. The number of rotatable bonds is 6. The second-order valence-corrected chi connectivity index (χ2v) is 5.66. The van der Waals surface area contributed by atoms with Crippen LogP contribution in [-0.4, -0.2) is 28.9 Å². The van der Waals surface area contributed by atoms with Gasteiger partial charge in [-0.2, -0.15) is 0 Å². The topological polar surface area (TPSA) is 109 Å². The molecule has 1 rings (SSSR count). The predicted octanol–water partition coefficient (Wildman–Crippen LogP) is 0.813. The minimum atomic E-state index is -1.18. The lowest BCUT2D eigenvalue weighted by Crippen LogP contribution is -2.41. The van der Waals surface area contributed by atoms with Gasteiger partial charge in [-0.25, -0.2) is 4.79 Å². The predicted molar refractivity (Wildman–Crippen MR) is 71.1 cm³/mol. The lowest BCUT2D eigenvalue weighted by Gasteiger charge is -2.13. The van der Waals surface area contributed by atoms with Gasteiger partial charge >= 0.3 is 5.97 Å². The zero-order chi connectivity index (χ0) is 14.6. The number of carbonyl (C=O) groups excluding carboxylic acids is 2. The number of carbonyl (C=O) groups is 3. The van der Waals surface area contributed by atoms with Crippen molar-refractivity contribution in [3.63, 3.8) is 0 Å². The Morgan fingerprint density at radius 1 is 1.42 bits per heavy atom. The minimum absolute atomic E-state index is 0.0153. The molecule has 1 heterocycles. The van der Waals surface area contributed by atoms with Crippen molar-refractivity contribution in [1.82, 2.24) is 5.32 Å². The molecule has 0 saturated heterocycles. The van der Waals surface area contributed by atoms with E-state index < -0.39 is 23.8 Å². The van der Waals surface area contributed by atoms with Crippen LogP contribution in [0.5, 0.6) is 0 Å². The second kappa shape index (κ2) is 6.33. The highest BCUT2D eigenvalue weighted by molar-refractivity contribution is 7.12. The Balaban J connectivity index is 2.74. The molecule has 104 valence electrons. The van der Waals surface area contributed by atoms with Crippen LogP contribution in [0, 0.1) is 13.8 Å². The first-order valence-electron chi connectivity index (χ1n) is 5.70. The number of hydrogen-bond acceptors (Lipinski definition) is 4. The quantitative estimate of drug-likeness (QED) is 0.718. The van der Waals surface area contributed by atoms with Crippen LogP contribution in [-0.2, 0) is 9.59 Å². The Morgan fingerprint density at radius 2 is 2.05 bits per heavy atom. The molecule has 1 aromatic heterocycles. The maximum Gasteiger partial charge on any atom is 0.326 e. The second-order valence-electron chi connectivity index (χ2n) is 4.20. The van der Waals surface area contributed by atoms with Crippen molar-refractivity contribution in [1.29, 1.82) is 0 Å². The molecule has 0 aliphatic heterocycles. The first-order valence-corrected chi connectivity index (χ1v) is 6.52. The number of hydrogen-bond donors (Lipinski definition) is 3. The third-order valence-electron chi connectivity index (χ3n) is 2.57. The molecule has 0 radical (unpaired) electrons. The summed E-state index contributed by atoms with van der Waals surface area (Å²) in [5.41, 5.74) is 5.43. The fourth-order valence-corrected chi connectivity index (χ4v) is 2.56. The van der Waals surface area contributed by atoms with E-state index in [2.05, 4.69) is 5.32 Å². The molecule has 0 unspecified atom stereocenters. The van der Waals surface area contributed by atoms with E-state index in [1.54, 1.807) is 13.0 Å². The molecular formula is C12H16N2O4S. The lowest BCUT2D eigenvalue weighted by atomic mass is 10.1. The molecular weight excluding hydrogens is 268 g/mol. The number of primary amides is 1. The number of nitrogens with one attached hydrogen (secondary N) is 1. The van der Waals surface area contributed by atoms with Gasteiger partial charge in [-0.3, -0.25) is 9.59 Å². The monoisotopic (exact) mass is 284 g/mol. The molecule has 1 aromatic rings. The summed E-state index contributed by atoms with van der Waals surface area (Å²) in [6, 6.07) is 0.599. The maximum absolute atomic E-state index is 12.0. The Morgan fingerprint density at radius 3 is 2.47 bits per heavy atom. The highest BCUT2D eigenvalue weighted by Crippen LogP contribution is 2.20. The average molecular weight is 284 g/mol. The van der Waals surface area contributed by atoms with Crippen molar-refractivity contribution in [3.05, 3.63) is 21.4 Å². The molecule has 4 N–H and O–H groups in total. The van der Waals surface area contributed by atoms with Gasteiger partial charge in [0.05, 0.1) is 5.56 Å².